The van der Waals surface area contributed by atoms with E-state index in [0.717, 1.165) is 0 Å². The first-order valence-corrected chi connectivity index (χ1v) is 4.04. The molecule has 68 valence electrons. The van der Waals surface area contributed by atoms with E-state index in [2.05, 4.69) is 5.32 Å². The van der Waals surface area contributed by atoms with Crippen molar-refractivity contribution in [1.29, 1.82) is 5.26 Å². The second-order valence-corrected chi connectivity index (χ2v) is 4.16. The number of nitrogens with zero attached hydrogens (tertiary/aromatic N) is 1. The third-order valence-electron chi connectivity index (χ3n) is 1.26. The van der Waals surface area contributed by atoms with Crippen LogP contribution >= 0.6 is 0 Å². The number of carbonyl (C=O) groups is 1. The average molecular weight is 168 g/mol. The fourth-order valence-electron chi connectivity index (χ4n) is 0.806. The molecule has 1 N–H and O–H groups in total. The first kappa shape index (κ1) is 11.0. The number of rotatable bonds is 2. The van der Waals surface area contributed by atoms with Crippen LogP contribution in [0.25, 0.3) is 0 Å². The summed E-state index contributed by atoms with van der Waals surface area (Å²) in [5, 5.41) is 11.0. The minimum atomic E-state index is -0.389. The molecule has 1 atom stereocenters. The molecule has 0 aliphatic carbocycles. The van der Waals surface area contributed by atoms with E-state index in [4.69, 9.17) is 5.26 Å². The summed E-state index contributed by atoms with van der Waals surface area (Å²) in [5.41, 5.74) is -0.0146. The smallest absolute Gasteiger partial charge is 0.221 e. The molecule has 0 aromatic carbocycles. The van der Waals surface area contributed by atoms with E-state index in [1.165, 1.54) is 0 Å². The van der Waals surface area contributed by atoms with Crippen LogP contribution in [0.5, 0.6) is 0 Å². The van der Waals surface area contributed by atoms with Gasteiger partial charge in [0.1, 0.15) is 6.04 Å². The molecule has 0 aliphatic rings. The van der Waals surface area contributed by atoms with Gasteiger partial charge >= 0.3 is 0 Å². The molecular formula is C9H16N2O. The number of hydrogen-bond acceptors (Lipinski definition) is 2. The molecule has 3 nitrogen and oxygen atoms in total. The number of carbonyl (C=O) groups excluding carboxylic acids is 1. The predicted molar refractivity (Wildman–Crippen MR) is 47.3 cm³/mol. The van der Waals surface area contributed by atoms with Crippen LogP contribution in [0.15, 0.2) is 0 Å². The van der Waals surface area contributed by atoms with Crippen LogP contribution in [0.3, 0.4) is 0 Å². The highest BCUT2D eigenvalue weighted by atomic mass is 16.1. The zero-order chi connectivity index (χ0) is 9.78. The third-order valence-corrected chi connectivity index (χ3v) is 1.26. The SMILES string of the molecule is CC(C#N)NC(=O)CC(C)(C)C. The molecule has 0 aliphatic heterocycles. The van der Waals surface area contributed by atoms with Crippen molar-refractivity contribution in [2.75, 3.05) is 0 Å². The highest BCUT2D eigenvalue weighted by Gasteiger charge is 2.16. The maximum absolute atomic E-state index is 11.2. The van der Waals surface area contributed by atoms with Gasteiger partial charge in [0, 0.05) is 6.42 Å². The molecule has 0 saturated carbocycles. The van der Waals surface area contributed by atoms with Gasteiger partial charge in [-0.05, 0) is 12.3 Å². The molecule has 0 spiro atoms. The minimum Gasteiger partial charge on any atom is -0.341 e. The highest BCUT2D eigenvalue weighted by molar-refractivity contribution is 5.77. The van der Waals surface area contributed by atoms with E-state index in [1.54, 1.807) is 6.92 Å². The summed E-state index contributed by atoms with van der Waals surface area (Å²) in [5.74, 6) is -0.0587. The minimum absolute atomic E-state index is 0.0146. The van der Waals surface area contributed by atoms with Gasteiger partial charge in [0.05, 0.1) is 6.07 Å². The monoisotopic (exact) mass is 168 g/mol. The van der Waals surface area contributed by atoms with Gasteiger partial charge in [-0.3, -0.25) is 4.79 Å². The molecule has 1 amide bonds. The van der Waals surface area contributed by atoms with Crippen LogP contribution in [0, 0.1) is 16.7 Å². The van der Waals surface area contributed by atoms with Crippen molar-refractivity contribution in [2.45, 2.75) is 40.2 Å². The first-order valence-electron chi connectivity index (χ1n) is 4.04. The Labute approximate surface area is 73.8 Å². The van der Waals surface area contributed by atoms with Gasteiger partial charge in [-0.1, -0.05) is 20.8 Å². The Morgan fingerprint density at radius 2 is 2.08 bits per heavy atom. The van der Waals surface area contributed by atoms with Gasteiger partial charge in [-0.15, -0.1) is 0 Å². The van der Waals surface area contributed by atoms with Crippen LogP contribution in [0.4, 0.5) is 0 Å². The summed E-state index contributed by atoms with van der Waals surface area (Å²) in [6, 6.07) is 1.56. The van der Waals surface area contributed by atoms with E-state index in [1.807, 2.05) is 26.8 Å². The summed E-state index contributed by atoms with van der Waals surface area (Å²) in [7, 11) is 0. The molecular weight excluding hydrogens is 152 g/mol. The molecule has 3 heteroatoms. The van der Waals surface area contributed by atoms with Crippen molar-refractivity contribution in [3.63, 3.8) is 0 Å². The average Bonchev–Trinajstić information content (AvgIpc) is 1.82. The molecule has 0 aromatic rings. The first-order chi connectivity index (χ1) is 5.35. The van der Waals surface area contributed by atoms with Gasteiger partial charge in [0.2, 0.25) is 5.91 Å². The third kappa shape index (κ3) is 5.72. The lowest BCUT2D eigenvalue weighted by Crippen LogP contribution is -2.33. The summed E-state index contributed by atoms with van der Waals surface area (Å²) >= 11 is 0. The number of amides is 1. The van der Waals surface area contributed by atoms with E-state index in [-0.39, 0.29) is 17.4 Å². The van der Waals surface area contributed by atoms with E-state index >= 15 is 0 Å². The number of nitrogens with one attached hydrogen (secondary N) is 1. The Kier molecular flexibility index (Phi) is 3.75. The van der Waals surface area contributed by atoms with Crippen molar-refractivity contribution in [1.82, 2.24) is 5.32 Å². The van der Waals surface area contributed by atoms with Gasteiger partial charge in [-0.2, -0.15) is 5.26 Å². The topological polar surface area (TPSA) is 52.9 Å². The largest absolute Gasteiger partial charge is 0.341 e. The maximum Gasteiger partial charge on any atom is 0.221 e. The Bertz CT molecular complexity index is 198. The lowest BCUT2D eigenvalue weighted by Gasteiger charge is -2.17. The second-order valence-electron chi connectivity index (χ2n) is 4.16. The van der Waals surface area contributed by atoms with Crippen LogP contribution < -0.4 is 5.32 Å². The molecule has 0 rings (SSSR count). The molecule has 12 heavy (non-hydrogen) atoms. The molecule has 0 fully saturated rings. The molecule has 0 heterocycles. The quantitative estimate of drug-likeness (QED) is 0.678. The standard InChI is InChI=1S/C9H16N2O/c1-7(6-10)11-8(12)5-9(2,3)4/h7H,5H2,1-4H3,(H,11,12). The Hall–Kier alpha value is -1.04. The zero-order valence-corrected chi connectivity index (χ0v) is 8.14. The fraction of sp³-hybridized carbons (Fsp3) is 0.778. The fourth-order valence-corrected chi connectivity index (χ4v) is 0.806. The van der Waals surface area contributed by atoms with Crippen LogP contribution in [-0.2, 0) is 4.79 Å². The van der Waals surface area contributed by atoms with Gasteiger partial charge < -0.3 is 5.32 Å². The summed E-state index contributed by atoms with van der Waals surface area (Å²) in [4.78, 5) is 11.2. The van der Waals surface area contributed by atoms with Crippen LogP contribution in [0.2, 0.25) is 0 Å². The van der Waals surface area contributed by atoms with Crippen molar-refractivity contribution in [3.05, 3.63) is 0 Å². The van der Waals surface area contributed by atoms with E-state index < -0.39 is 0 Å². The lowest BCUT2D eigenvalue weighted by molar-refractivity contribution is -0.123. The molecule has 0 saturated heterocycles. The summed E-state index contributed by atoms with van der Waals surface area (Å²) in [6.45, 7) is 7.64. The normalized spacial score (nSPS) is 13.2. The molecule has 0 bridgehead atoms. The van der Waals surface area contributed by atoms with E-state index in [0.29, 0.717) is 6.42 Å². The lowest BCUT2D eigenvalue weighted by atomic mass is 9.92. The van der Waals surface area contributed by atoms with Crippen molar-refractivity contribution < 1.29 is 4.79 Å². The Balaban J connectivity index is 3.85. The highest BCUT2D eigenvalue weighted by Crippen LogP contribution is 2.17. The van der Waals surface area contributed by atoms with Crippen molar-refractivity contribution in [2.24, 2.45) is 5.41 Å². The van der Waals surface area contributed by atoms with Crippen molar-refractivity contribution >= 4 is 5.91 Å². The van der Waals surface area contributed by atoms with Crippen LogP contribution in [-0.4, -0.2) is 11.9 Å². The van der Waals surface area contributed by atoms with Gasteiger partial charge in [-0.25, -0.2) is 0 Å². The number of hydrogen-bond donors (Lipinski definition) is 1. The van der Waals surface area contributed by atoms with Crippen LogP contribution in [0.1, 0.15) is 34.1 Å². The molecule has 1 unspecified atom stereocenters. The maximum atomic E-state index is 11.2. The zero-order valence-electron chi connectivity index (χ0n) is 8.14. The summed E-state index contributed by atoms with van der Waals surface area (Å²) < 4.78 is 0. The van der Waals surface area contributed by atoms with Crippen molar-refractivity contribution in [3.8, 4) is 6.07 Å². The Morgan fingerprint density at radius 1 is 1.58 bits per heavy atom. The number of nitriles is 1. The van der Waals surface area contributed by atoms with Gasteiger partial charge in [0.25, 0.3) is 0 Å². The summed E-state index contributed by atoms with van der Waals surface area (Å²) in [6.07, 6.45) is 0.457. The predicted octanol–water partition coefficient (Wildman–Crippen LogP) is 1.45. The molecule has 0 aromatic heterocycles. The molecule has 0 radical (unpaired) electrons. The van der Waals surface area contributed by atoms with Gasteiger partial charge in [0.15, 0.2) is 0 Å². The van der Waals surface area contributed by atoms with E-state index in [9.17, 15) is 4.79 Å². The Morgan fingerprint density at radius 3 is 2.42 bits per heavy atom. The second kappa shape index (κ2) is 4.10.